The zero-order chi connectivity index (χ0) is 12.0. The molecule has 0 aliphatic rings. The van der Waals surface area contributed by atoms with Crippen LogP contribution >= 0.6 is 11.3 Å². The number of unbranched alkanes of at least 4 members (excludes halogenated alkanes) is 1. The Morgan fingerprint density at radius 1 is 1.50 bits per heavy atom. The number of aliphatic imine (C=N–C) groups is 1. The number of aromatic nitrogens is 1. The Hall–Kier alpha value is -1.10. The highest BCUT2D eigenvalue weighted by Gasteiger charge is 2.03. The van der Waals surface area contributed by atoms with E-state index in [0.29, 0.717) is 12.5 Å². The molecule has 0 spiro atoms. The molecule has 4 nitrogen and oxygen atoms in total. The van der Waals surface area contributed by atoms with E-state index in [-0.39, 0.29) is 0 Å². The van der Waals surface area contributed by atoms with Crippen molar-refractivity contribution in [2.24, 2.45) is 10.7 Å². The van der Waals surface area contributed by atoms with Crippen molar-refractivity contribution in [1.82, 2.24) is 10.3 Å². The van der Waals surface area contributed by atoms with Crippen LogP contribution in [0.25, 0.3) is 0 Å². The Kier molecular flexibility index (Phi) is 5.25. The second-order valence-electron chi connectivity index (χ2n) is 3.72. The van der Waals surface area contributed by atoms with E-state index in [1.807, 2.05) is 6.92 Å². The summed E-state index contributed by atoms with van der Waals surface area (Å²) in [6.07, 6.45) is 2.27. The zero-order valence-electron chi connectivity index (χ0n) is 10.2. The highest BCUT2D eigenvalue weighted by molar-refractivity contribution is 7.11. The topological polar surface area (TPSA) is 63.3 Å². The minimum absolute atomic E-state index is 0.513. The Morgan fingerprint density at radius 2 is 2.25 bits per heavy atom. The molecule has 0 fully saturated rings. The van der Waals surface area contributed by atoms with Crippen LogP contribution in [-0.4, -0.2) is 17.5 Å². The summed E-state index contributed by atoms with van der Waals surface area (Å²) in [6, 6.07) is 0. The first-order chi connectivity index (χ1) is 7.63. The van der Waals surface area contributed by atoms with E-state index in [2.05, 4.69) is 29.1 Å². The summed E-state index contributed by atoms with van der Waals surface area (Å²) in [5.41, 5.74) is 6.76. The van der Waals surface area contributed by atoms with Crippen molar-refractivity contribution in [3.8, 4) is 0 Å². The highest BCUT2D eigenvalue weighted by Crippen LogP contribution is 2.16. The molecular weight excluding hydrogens is 220 g/mol. The molecule has 90 valence electrons. The zero-order valence-corrected chi connectivity index (χ0v) is 11.0. The summed E-state index contributed by atoms with van der Waals surface area (Å²) in [4.78, 5) is 9.90. The predicted octanol–water partition coefficient (Wildman–Crippen LogP) is 1.96. The molecule has 5 heteroatoms. The molecule has 0 unspecified atom stereocenters. The Morgan fingerprint density at radius 3 is 2.81 bits per heavy atom. The average molecular weight is 240 g/mol. The molecule has 0 aliphatic heterocycles. The molecule has 1 heterocycles. The van der Waals surface area contributed by atoms with Crippen molar-refractivity contribution >= 4 is 17.3 Å². The van der Waals surface area contributed by atoms with Gasteiger partial charge >= 0.3 is 0 Å². The monoisotopic (exact) mass is 240 g/mol. The maximum absolute atomic E-state index is 5.73. The van der Waals surface area contributed by atoms with Gasteiger partial charge in [0.05, 0.1) is 17.2 Å². The number of hydrogen-bond acceptors (Lipinski definition) is 3. The molecule has 0 saturated carbocycles. The fourth-order valence-corrected chi connectivity index (χ4v) is 2.15. The van der Waals surface area contributed by atoms with Gasteiger partial charge in [-0.15, -0.1) is 11.3 Å². The molecule has 0 radical (unpaired) electrons. The standard InChI is InChI=1S/C11H20N4S/c1-4-5-6-13-11(12)14-7-10-8(2)16-9(3)15-10/h4-7H2,1-3H3,(H3,12,13,14). The number of guanidine groups is 1. The van der Waals surface area contributed by atoms with Crippen LogP contribution in [0.15, 0.2) is 4.99 Å². The smallest absolute Gasteiger partial charge is 0.188 e. The van der Waals surface area contributed by atoms with Gasteiger partial charge in [0.15, 0.2) is 5.96 Å². The van der Waals surface area contributed by atoms with Gasteiger partial charge < -0.3 is 11.1 Å². The lowest BCUT2D eigenvalue weighted by Gasteiger charge is -2.03. The number of rotatable bonds is 5. The third kappa shape index (κ3) is 4.18. The molecule has 0 amide bonds. The Bertz CT molecular complexity index is 357. The van der Waals surface area contributed by atoms with E-state index in [1.165, 1.54) is 4.88 Å². The molecule has 0 aliphatic carbocycles. The molecule has 0 aromatic carbocycles. The van der Waals surface area contributed by atoms with Crippen molar-refractivity contribution in [1.29, 1.82) is 0 Å². The van der Waals surface area contributed by atoms with E-state index in [9.17, 15) is 0 Å². The van der Waals surface area contributed by atoms with Crippen molar-refractivity contribution in [3.63, 3.8) is 0 Å². The van der Waals surface area contributed by atoms with Crippen LogP contribution in [-0.2, 0) is 6.54 Å². The summed E-state index contributed by atoms with van der Waals surface area (Å²) in [5.74, 6) is 0.513. The second kappa shape index (κ2) is 6.48. The summed E-state index contributed by atoms with van der Waals surface area (Å²) in [7, 11) is 0. The number of nitrogens with zero attached hydrogens (tertiary/aromatic N) is 2. The highest BCUT2D eigenvalue weighted by atomic mass is 32.1. The third-order valence-electron chi connectivity index (χ3n) is 2.24. The maximum atomic E-state index is 5.73. The van der Waals surface area contributed by atoms with Crippen molar-refractivity contribution < 1.29 is 0 Å². The van der Waals surface area contributed by atoms with E-state index < -0.39 is 0 Å². The first-order valence-corrected chi connectivity index (χ1v) is 6.41. The minimum atomic E-state index is 0.513. The average Bonchev–Trinajstić information content (AvgIpc) is 2.55. The van der Waals surface area contributed by atoms with Gasteiger partial charge in [0.25, 0.3) is 0 Å². The minimum Gasteiger partial charge on any atom is -0.370 e. The molecule has 1 rings (SSSR count). The van der Waals surface area contributed by atoms with Crippen LogP contribution in [0.3, 0.4) is 0 Å². The molecule has 16 heavy (non-hydrogen) atoms. The fourth-order valence-electron chi connectivity index (χ4n) is 1.33. The number of hydrogen-bond donors (Lipinski definition) is 2. The van der Waals surface area contributed by atoms with E-state index in [0.717, 1.165) is 30.1 Å². The number of aryl methyl sites for hydroxylation is 2. The van der Waals surface area contributed by atoms with Gasteiger partial charge in [0.2, 0.25) is 0 Å². The fraction of sp³-hybridized carbons (Fsp3) is 0.636. The van der Waals surface area contributed by atoms with Crippen LogP contribution in [0.5, 0.6) is 0 Å². The van der Waals surface area contributed by atoms with Crippen LogP contribution in [0, 0.1) is 13.8 Å². The number of nitrogens with two attached hydrogens (primary N) is 1. The largest absolute Gasteiger partial charge is 0.370 e. The molecule has 1 aromatic heterocycles. The van der Waals surface area contributed by atoms with Gasteiger partial charge in [-0.25, -0.2) is 9.98 Å². The number of nitrogens with one attached hydrogen (secondary N) is 1. The Labute approximate surface area is 101 Å². The lowest BCUT2D eigenvalue weighted by Crippen LogP contribution is -2.32. The van der Waals surface area contributed by atoms with Crippen molar-refractivity contribution in [2.45, 2.75) is 40.2 Å². The van der Waals surface area contributed by atoms with E-state index >= 15 is 0 Å². The molecule has 0 atom stereocenters. The lowest BCUT2D eigenvalue weighted by molar-refractivity contribution is 0.747. The summed E-state index contributed by atoms with van der Waals surface area (Å²) >= 11 is 1.70. The molecule has 0 saturated heterocycles. The molecule has 1 aromatic rings. The van der Waals surface area contributed by atoms with Crippen molar-refractivity contribution in [3.05, 3.63) is 15.6 Å². The van der Waals surface area contributed by atoms with Gasteiger partial charge in [-0.05, 0) is 20.3 Å². The van der Waals surface area contributed by atoms with Crippen LogP contribution in [0.4, 0.5) is 0 Å². The SMILES string of the molecule is CCCCNC(N)=NCc1nc(C)sc1C. The second-order valence-corrected chi connectivity index (χ2v) is 5.12. The first-order valence-electron chi connectivity index (χ1n) is 5.60. The molecule has 0 bridgehead atoms. The van der Waals surface area contributed by atoms with Gasteiger partial charge in [-0.2, -0.15) is 0 Å². The Balaban J connectivity index is 2.43. The maximum Gasteiger partial charge on any atom is 0.188 e. The third-order valence-corrected chi connectivity index (χ3v) is 3.16. The summed E-state index contributed by atoms with van der Waals surface area (Å²) in [6.45, 7) is 7.68. The van der Waals surface area contributed by atoms with Gasteiger partial charge in [0.1, 0.15) is 0 Å². The normalized spacial score (nSPS) is 11.8. The lowest BCUT2D eigenvalue weighted by atomic mass is 10.3. The van der Waals surface area contributed by atoms with Gasteiger partial charge in [-0.3, -0.25) is 0 Å². The molecular formula is C11H20N4S. The van der Waals surface area contributed by atoms with Crippen molar-refractivity contribution in [2.75, 3.05) is 6.54 Å². The predicted molar refractivity (Wildman–Crippen MR) is 69.8 cm³/mol. The van der Waals surface area contributed by atoms with E-state index in [4.69, 9.17) is 5.73 Å². The van der Waals surface area contributed by atoms with Crippen LogP contribution in [0.2, 0.25) is 0 Å². The van der Waals surface area contributed by atoms with Crippen LogP contribution in [0.1, 0.15) is 35.3 Å². The molecule has 3 N–H and O–H groups in total. The quantitative estimate of drug-likeness (QED) is 0.470. The number of thiazole rings is 1. The van der Waals surface area contributed by atoms with Gasteiger partial charge in [-0.1, -0.05) is 13.3 Å². The van der Waals surface area contributed by atoms with E-state index in [1.54, 1.807) is 11.3 Å². The summed E-state index contributed by atoms with van der Waals surface area (Å²) in [5, 5.41) is 4.17. The van der Waals surface area contributed by atoms with Crippen LogP contribution < -0.4 is 11.1 Å². The van der Waals surface area contributed by atoms with Gasteiger partial charge in [0, 0.05) is 11.4 Å². The summed E-state index contributed by atoms with van der Waals surface area (Å²) < 4.78 is 0. The first kappa shape index (κ1) is 13.0.